The highest BCUT2D eigenvalue weighted by Crippen LogP contribution is 2.26. The highest BCUT2D eigenvalue weighted by Gasteiger charge is 2.05. The van der Waals surface area contributed by atoms with Crippen LogP contribution in [0.3, 0.4) is 0 Å². The molecule has 1 aromatic rings. The van der Waals surface area contributed by atoms with Crippen LogP contribution in [0.25, 0.3) is 0 Å². The van der Waals surface area contributed by atoms with Crippen LogP contribution in [0.1, 0.15) is 50.7 Å². The van der Waals surface area contributed by atoms with Crippen LogP contribution in [0, 0.1) is 0 Å². The normalized spacial score (nSPS) is 11.2. The molecule has 0 aliphatic heterocycles. The van der Waals surface area contributed by atoms with Gasteiger partial charge in [0.15, 0.2) is 0 Å². The molecule has 0 saturated heterocycles. The van der Waals surface area contributed by atoms with E-state index in [4.69, 9.17) is 0 Å². The van der Waals surface area contributed by atoms with Gasteiger partial charge in [-0.2, -0.15) is 0 Å². The molecule has 0 bridgehead atoms. The first kappa shape index (κ1) is 10.1. The van der Waals surface area contributed by atoms with Crippen molar-refractivity contribution in [2.24, 2.45) is 0 Å². The zero-order valence-electron chi connectivity index (χ0n) is 8.83. The maximum atomic E-state index is 9.49. The molecule has 0 amide bonds. The minimum atomic E-state index is 0.384. The van der Waals surface area contributed by atoms with Crippen LogP contribution < -0.4 is 0 Å². The summed E-state index contributed by atoms with van der Waals surface area (Å²) in [5.41, 5.74) is 2.42. The lowest BCUT2D eigenvalue weighted by Gasteiger charge is -2.11. The fourth-order valence-electron chi connectivity index (χ4n) is 1.33. The van der Waals surface area contributed by atoms with Crippen LogP contribution in [0.5, 0.6) is 5.75 Å². The monoisotopic (exact) mass is 178 g/mol. The third-order valence-electron chi connectivity index (χ3n) is 2.30. The first-order chi connectivity index (χ1) is 6.00. The molecule has 0 atom stereocenters. The van der Waals surface area contributed by atoms with Crippen molar-refractivity contribution in [3.8, 4) is 5.75 Å². The van der Waals surface area contributed by atoms with E-state index in [1.807, 2.05) is 12.1 Å². The van der Waals surface area contributed by atoms with Gasteiger partial charge < -0.3 is 5.11 Å². The first-order valence-electron chi connectivity index (χ1n) is 4.84. The molecule has 1 aromatic carbocycles. The van der Waals surface area contributed by atoms with Gasteiger partial charge >= 0.3 is 0 Å². The summed E-state index contributed by atoms with van der Waals surface area (Å²) in [4.78, 5) is 0. The Morgan fingerprint density at radius 3 is 1.54 bits per heavy atom. The molecular formula is C12H18O. The molecule has 0 aliphatic rings. The van der Waals surface area contributed by atoms with E-state index < -0.39 is 0 Å². The summed E-state index contributed by atoms with van der Waals surface area (Å²) >= 11 is 0. The van der Waals surface area contributed by atoms with Gasteiger partial charge in [0.2, 0.25) is 0 Å². The first-order valence-corrected chi connectivity index (χ1v) is 4.84. The van der Waals surface area contributed by atoms with Crippen molar-refractivity contribution < 1.29 is 5.11 Å². The van der Waals surface area contributed by atoms with E-state index in [0.717, 1.165) is 0 Å². The minimum absolute atomic E-state index is 0.384. The van der Waals surface area contributed by atoms with Gasteiger partial charge in [-0.1, -0.05) is 33.8 Å². The Bertz CT molecular complexity index is 261. The third kappa shape index (κ3) is 2.48. The van der Waals surface area contributed by atoms with Gasteiger partial charge in [-0.15, -0.1) is 0 Å². The second kappa shape index (κ2) is 3.82. The average Bonchev–Trinajstić information content (AvgIpc) is 2.03. The second-order valence-corrected chi connectivity index (χ2v) is 4.17. The van der Waals surface area contributed by atoms with Gasteiger partial charge in [0.05, 0.1) is 0 Å². The van der Waals surface area contributed by atoms with Crippen LogP contribution in [-0.2, 0) is 0 Å². The molecule has 0 saturated carbocycles. The third-order valence-corrected chi connectivity index (χ3v) is 2.30. The van der Waals surface area contributed by atoms with Crippen LogP contribution in [0.2, 0.25) is 0 Å². The molecule has 1 N–H and O–H groups in total. The summed E-state index contributed by atoms with van der Waals surface area (Å²) in [5, 5.41) is 9.49. The van der Waals surface area contributed by atoms with Gasteiger partial charge in [0.1, 0.15) is 5.75 Å². The quantitative estimate of drug-likeness (QED) is 0.733. The van der Waals surface area contributed by atoms with E-state index in [9.17, 15) is 5.11 Å². The molecule has 1 heteroatoms. The smallest absolute Gasteiger partial charge is 0.116 e. The fourth-order valence-corrected chi connectivity index (χ4v) is 1.33. The lowest BCUT2D eigenvalue weighted by Crippen LogP contribution is -1.92. The maximum Gasteiger partial charge on any atom is 0.116 e. The average molecular weight is 178 g/mol. The lowest BCUT2D eigenvalue weighted by molar-refractivity contribution is 0.472. The van der Waals surface area contributed by atoms with E-state index in [2.05, 4.69) is 33.8 Å². The molecular weight excluding hydrogens is 160 g/mol. The summed E-state index contributed by atoms with van der Waals surface area (Å²) in [7, 11) is 0. The van der Waals surface area contributed by atoms with Crippen LogP contribution in [0.4, 0.5) is 0 Å². The zero-order valence-corrected chi connectivity index (χ0v) is 8.83. The summed E-state index contributed by atoms with van der Waals surface area (Å²) in [5.74, 6) is 1.34. The number of rotatable bonds is 2. The van der Waals surface area contributed by atoms with Crippen molar-refractivity contribution >= 4 is 0 Å². The summed E-state index contributed by atoms with van der Waals surface area (Å²) in [6, 6.07) is 5.86. The Morgan fingerprint density at radius 2 is 1.23 bits per heavy atom. The van der Waals surface area contributed by atoms with Crippen molar-refractivity contribution in [3.05, 3.63) is 29.3 Å². The summed E-state index contributed by atoms with van der Waals surface area (Å²) < 4.78 is 0. The molecule has 0 aliphatic carbocycles. The Hall–Kier alpha value is -0.980. The predicted octanol–water partition coefficient (Wildman–Crippen LogP) is 3.64. The topological polar surface area (TPSA) is 20.2 Å². The van der Waals surface area contributed by atoms with Crippen LogP contribution in [-0.4, -0.2) is 5.11 Å². The highest BCUT2D eigenvalue weighted by molar-refractivity contribution is 5.36. The summed E-state index contributed by atoms with van der Waals surface area (Å²) in [6.45, 7) is 8.55. The minimum Gasteiger partial charge on any atom is -0.508 e. The van der Waals surface area contributed by atoms with Gasteiger partial charge in [-0.05, 0) is 35.1 Å². The second-order valence-electron chi connectivity index (χ2n) is 4.17. The zero-order chi connectivity index (χ0) is 10.0. The molecule has 0 unspecified atom stereocenters. The number of hydrogen-bond donors (Lipinski definition) is 1. The standard InChI is InChI=1S/C12H18O/c1-8(2)10-5-11(9(3)4)7-12(13)6-10/h5-9,13H,1-4H3. The van der Waals surface area contributed by atoms with Crippen molar-refractivity contribution in [3.63, 3.8) is 0 Å². The SMILES string of the molecule is CC(C)c1cc(O)cc(C(C)C)c1. The van der Waals surface area contributed by atoms with E-state index in [1.54, 1.807) is 0 Å². The van der Waals surface area contributed by atoms with E-state index in [-0.39, 0.29) is 0 Å². The fraction of sp³-hybridized carbons (Fsp3) is 0.500. The Labute approximate surface area is 80.4 Å². The van der Waals surface area contributed by atoms with Crippen molar-refractivity contribution in [1.29, 1.82) is 0 Å². The highest BCUT2D eigenvalue weighted by atomic mass is 16.3. The maximum absolute atomic E-state index is 9.49. The van der Waals surface area contributed by atoms with Gasteiger partial charge in [-0.3, -0.25) is 0 Å². The summed E-state index contributed by atoms with van der Waals surface area (Å²) in [6.07, 6.45) is 0. The van der Waals surface area contributed by atoms with Gasteiger partial charge in [-0.25, -0.2) is 0 Å². The van der Waals surface area contributed by atoms with Crippen molar-refractivity contribution in [2.45, 2.75) is 39.5 Å². The number of hydrogen-bond acceptors (Lipinski definition) is 1. The molecule has 1 rings (SSSR count). The Kier molecular flexibility index (Phi) is 2.97. The van der Waals surface area contributed by atoms with E-state index >= 15 is 0 Å². The lowest BCUT2D eigenvalue weighted by atomic mass is 9.95. The van der Waals surface area contributed by atoms with Crippen molar-refractivity contribution in [2.75, 3.05) is 0 Å². The molecule has 13 heavy (non-hydrogen) atoms. The van der Waals surface area contributed by atoms with Crippen LogP contribution in [0.15, 0.2) is 18.2 Å². The number of phenolic OH excluding ortho intramolecular Hbond substituents is 1. The number of benzene rings is 1. The van der Waals surface area contributed by atoms with Gasteiger partial charge in [0, 0.05) is 0 Å². The molecule has 0 fully saturated rings. The molecule has 0 spiro atoms. The van der Waals surface area contributed by atoms with Crippen LogP contribution >= 0.6 is 0 Å². The molecule has 1 nitrogen and oxygen atoms in total. The number of aromatic hydroxyl groups is 1. The van der Waals surface area contributed by atoms with Crippen molar-refractivity contribution in [1.82, 2.24) is 0 Å². The molecule has 72 valence electrons. The number of phenols is 1. The molecule has 0 heterocycles. The van der Waals surface area contributed by atoms with E-state index in [1.165, 1.54) is 11.1 Å². The molecule has 0 aromatic heterocycles. The predicted molar refractivity (Wildman–Crippen MR) is 56.3 cm³/mol. The Morgan fingerprint density at radius 1 is 0.846 bits per heavy atom. The molecule has 0 radical (unpaired) electrons. The Balaban J connectivity index is 3.11. The largest absolute Gasteiger partial charge is 0.508 e. The van der Waals surface area contributed by atoms with E-state index in [0.29, 0.717) is 17.6 Å². The van der Waals surface area contributed by atoms with Gasteiger partial charge in [0.25, 0.3) is 0 Å².